The highest BCUT2D eigenvalue weighted by Gasteiger charge is 2.39. The van der Waals surface area contributed by atoms with Gasteiger partial charge in [0.25, 0.3) is 0 Å². The number of fused-ring (bicyclic) bond motifs is 2. The molecule has 0 fully saturated rings. The summed E-state index contributed by atoms with van der Waals surface area (Å²) < 4.78 is 12.3. The van der Waals surface area contributed by atoms with Crippen LogP contribution in [0.3, 0.4) is 0 Å². The molecule has 0 radical (unpaired) electrons. The van der Waals surface area contributed by atoms with E-state index in [1.165, 1.54) is 0 Å². The number of carbonyl (C=O) groups is 3. The molecule has 1 aliphatic rings. The van der Waals surface area contributed by atoms with Crippen molar-refractivity contribution in [2.24, 2.45) is 0 Å². The number of hydrogen-bond donors (Lipinski definition) is 0. The van der Waals surface area contributed by atoms with E-state index in [2.05, 4.69) is 0 Å². The number of carbonyl (C=O) groups excluding carboxylic acids is 3. The molecule has 0 saturated heterocycles. The minimum absolute atomic E-state index is 0.104. The number of aryl methyl sites for hydroxylation is 1. The summed E-state index contributed by atoms with van der Waals surface area (Å²) in [6.45, 7) is 3.95. The van der Waals surface area contributed by atoms with Crippen LogP contribution in [0.25, 0.3) is 16.8 Å². The van der Waals surface area contributed by atoms with E-state index < -0.39 is 5.97 Å². The molecule has 5 rings (SSSR count). The van der Waals surface area contributed by atoms with Gasteiger partial charge in [0.05, 0.1) is 25.7 Å². The molecule has 6 nitrogen and oxygen atoms in total. The van der Waals surface area contributed by atoms with Crippen molar-refractivity contribution in [2.45, 2.75) is 20.3 Å². The second-order valence-corrected chi connectivity index (χ2v) is 8.63. The standard InChI is InChI=1S/C30H25NO5/c1-4-36-25(32)17-24-26(19-11-9-18(2)10-12-19)27-28(31(24)20-13-15-21(35-3)16-14-20)30(34)23-8-6-5-7-22(23)29(27)33/h5-16H,4,17H2,1-3H3. The molecular formula is C30H25NO5. The van der Waals surface area contributed by atoms with Crippen molar-refractivity contribution < 1.29 is 23.9 Å². The van der Waals surface area contributed by atoms with Gasteiger partial charge in [-0.3, -0.25) is 14.4 Å². The zero-order valence-corrected chi connectivity index (χ0v) is 20.3. The molecule has 4 aromatic rings. The van der Waals surface area contributed by atoms with Crippen LogP contribution in [-0.2, 0) is 16.0 Å². The van der Waals surface area contributed by atoms with Crippen LogP contribution in [0.5, 0.6) is 5.75 Å². The van der Waals surface area contributed by atoms with Gasteiger partial charge in [0.2, 0.25) is 5.78 Å². The summed E-state index contributed by atoms with van der Waals surface area (Å²) in [5, 5.41) is 0. The first-order valence-electron chi connectivity index (χ1n) is 11.8. The van der Waals surface area contributed by atoms with Gasteiger partial charge in [0.15, 0.2) is 5.78 Å². The Bertz CT molecular complexity index is 1490. The number of esters is 1. The van der Waals surface area contributed by atoms with Crippen molar-refractivity contribution in [2.75, 3.05) is 13.7 Å². The van der Waals surface area contributed by atoms with E-state index in [1.807, 2.05) is 43.3 Å². The number of aromatic nitrogens is 1. The molecular weight excluding hydrogens is 454 g/mol. The van der Waals surface area contributed by atoms with Crippen LogP contribution < -0.4 is 4.74 Å². The molecule has 0 unspecified atom stereocenters. The highest BCUT2D eigenvalue weighted by Crippen LogP contribution is 2.41. The lowest BCUT2D eigenvalue weighted by molar-refractivity contribution is -0.142. The van der Waals surface area contributed by atoms with Crippen molar-refractivity contribution in [3.05, 3.63) is 106 Å². The largest absolute Gasteiger partial charge is 0.497 e. The summed E-state index contributed by atoms with van der Waals surface area (Å²) in [5.74, 6) is -0.293. The molecule has 3 aromatic carbocycles. The van der Waals surface area contributed by atoms with Crippen LogP contribution in [0.1, 0.15) is 50.2 Å². The number of benzene rings is 3. The zero-order chi connectivity index (χ0) is 25.4. The Morgan fingerprint density at radius 2 is 1.47 bits per heavy atom. The van der Waals surface area contributed by atoms with E-state index in [-0.39, 0.29) is 30.3 Å². The molecule has 1 aromatic heterocycles. The Morgan fingerprint density at radius 1 is 0.833 bits per heavy atom. The van der Waals surface area contributed by atoms with Crippen molar-refractivity contribution >= 4 is 17.5 Å². The third-order valence-corrected chi connectivity index (χ3v) is 6.42. The fourth-order valence-electron chi connectivity index (χ4n) is 4.76. The van der Waals surface area contributed by atoms with Gasteiger partial charge in [0, 0.05) is 28.1 Å². The molecule has 0 atom stereocenters. The zero-order valence-electron chi connectivity index (χ0n) is 20.3. The topological polar surface area (TPSA) is 74.6 Å². The Hall–Kier alpha value is -4.45. The number of methoxy groups -OCH3 is 1. The highest BCUT2D eigenvalue weighted by molar-refractivity contribution is 6.30. The van der Waals surface area contributed by atoms with Gasteiger partial charge < -0.3 is 14.0 Å². The maximum Gasteiger partial charge on any atom is 0.311 e. The highest BCUT2D eigenvalue weighted by atomic mass is 16.5. The minimum atomic E-state index is -0.437. The van der Waals surface area contributed by atoms with Gasteiger partial charge in [-0.25, -0.2) is 0 Å². The lowest BCUT2D eigenvalue weighted by atomic mass is 9.84. The summed E-state index contributed by atoms with van der Waals surface area (Å²) in [7, 11) is 1.58. The Labute approximate surface area is 209 Å². The van der Waals surface area contributed by atoms with Gasteiger partial charge in [0.1, 0.15) is 11.4 Å². The Kier molecular flexibility index (Phi) is 6.02. The third-order valence-electron chi connectivity index (χ3n) is 6.42. The third kappa shape index (κ3) is 3.81. The average Bonchev–Trinajstić information content (AvgIpc) is 3.23. The van der Waals surface area contributed by atoms with E-state index in [4.69, 9.17) is 9.47 Å². The maximum absolute atomic E-state index is 13.9. The molecule has 180 valence electrons. The van der Waals surface area contributed by atoms with Crippen molar-refractivity contribution in [1.29, 1.82) is 0 Å². The molecule has 0 amide bonds. The van der Waals surface area contributed by atoms with E-state index in [0.717, 1.165) is 11.1 Å². The van der Waals surface area contributed by atoms with Crippen LogP contribution in [0.2, 0.25) is 0 Å². The molecule has 0 bridgehead atoms. The quantitative estimate of drug-likeness (QED) is 0.307. The van der Waals surface area contributed by atoms with E-state index in [9.17, 15) is 14.4 Å². The van der Waals surface area contributed by atoms with Crippen LogP contribution in [-0.4, -0.2) is 35.8 Å². The second-order valence-electron chi connectivity index (χ2n) is 8.63. The van der Waals surface area contributed by atoms with Crippen molar-refractivity contribution in [3.8, 4) is 22.6 Å². The molecule has 0 spiro atoms. The van der Waals surface area contributed by atoms with E-state index in [0.29, 0.717) is 39.4 Å². The first-order chi connectivity index (χ1) is 17.4. The molecule has 0 N–H and O–H groups in total. The SMILES string of the molecule is CCOC(=O)Cc1c(-c2ccc(C)cc2)c2c(n1-c1ccc(OC)cc1)C(=O)c1ccccc1C2=O. The number of rotatable bonds is 6. The Balaban J connectivity index is 1.88. The summed E-state index contributed by atoms with van der Waals surface area (Å²) in [6.07, 6.45) is -0.104. The predicted octanol–water partition coefficient (Wildman–Crippen LogP) is 5.34. The maximum atomic E-state index is 13.9. The molecule has 6 heteroatoms. The number of ketones is 2. The summed E-state index contributed by atoms with van der Waals surface area (Å²) in [5.41, 5.74) is 4.81. The van der Waals surface area contributed by atoms with Gasteiger partial charge in [-0.05, 0) is 43.7 Å². The summed E-state index contributed by atoms with van der Waals surface area (Å²) in [6, 6.07) is 21.7. The molecule has 36 heavy (non-hydrogen) atoms. The van der Waals surface area contributed by atoms with Crippen LogP contribution in [0, 0.1) is 6.92 Å². The average molecular weight is 480 g/mol. The molecule has 1 heterocycles. The summed E-state index contributed by atoms with van der Waals surface area (Å²) in [4.78, 5) is 40.6. The van der Waals surface area contributed by atoms with Gasteiger partial charge in [-0.1, -0.05) is 54.1 Å². The van der Waals surface area contributed by atoms with Crippen molar-refractivity contribution in [1.82, 2.24) is 4.57 Å². The van der Waals surface area contributed by atoms with Crippen LogP contribution in [0.15, 0.2) is 72.8 Å². The summed E-state index contributed by atoms with van der Waals surface area (Å²) >= 11 is 0. The fourth-order valence-corrected chi connectivity index (χ4v) is 4.76. The van der Waals surface area contributed by atoms with Gasteiger partial charge in [-0.15, -0.1) is 0 Å². The van der Waals surface area contributed by atoms with Crippen LogP contribution >= 0.6 is 0 Å². The fraction of sp³-hybridized carbons (Fsp3) is 0.167. The molecule has 0 saturated carbocycles. The first kappa shape index (κ1) is 23.3. The predicted molar refractivity (Wildman–Crippen MR) is 136 cm³/mol. The number of nitrogens with zero attached hydrogens (tertiary/aromatic N) is 1. The van der Waals surface area contributed by atoms with Crippen molar-refractivity contribution in [3.63, 3.8) is 0 Å². The monoisotopic (exact) mass is 479 g/mol. The smallest absolute Gasteiger partial charge is 0.311 e. The van der Waals surface area contributed by atoms with Gasteiger partial charge >= 0.3 is 5.97 Å². The lowest BCUT2D eigenvalue weighted by Gasteiger charge is -2.18. The van der Waals surface area contributed by atoms with Crippen LogP contribution in [0.4, 0.5) is 0 Å². The molecule has 1 aliphatic carbocycles. The van der Waals surface area contributed by atoms with E-state index >= 15 is 0 Å². The number of hydrogen-bond acceptors (Lipinski definition) is 5. The Morgan fingerprint density at radius 3 is 2.08 bits per heavy atom. The minimum Gasteiger partial charge on any atom is -0.497 e. The normalized spacial score (nSPS) is 12.2. The number of ether oxygens (including phenoxy) is 2. The first-order valence-corrected chi connectivity index (χ1v) is 11.8. The second kappa shape index (κ2) is 9.30. The van der Waals surface area contributed by atoms with Gasteiger partial charge in [-0.2, -0.15) is 0 Å². The van der Waals surface area contributed by atoms with E-state index in [1.54, 1.807) is 55.0 Å². The lowest BCUT2D eigenvalue weighted by Crippen LogP contribution is -2.23. The molecule has 0 aliphatic heterocycles.